The fourth-order valence-electron chi connectivity index (χ4n) is 8.23. The zero-order chi connectivity index (χ0) is 36.4. The molecule has 0 amide bonds. The second-order valence-corrected chi connectivity index (χ2v) is 20.3. The van der Waals surface area contributed by atoms with Crippen LogP contribution in [0.3, 0.4) is 0 Å². The SMILES string of the molecule is CC(C)Cc1cc2c3ccc(s3)c3cc(C(C)(C)C)cc4c5cc(C(C)(C)C)cc(c6ccc(s6)c6cc(CC(C)C)cc7c(c1)c2nc67)c5nc34. The van der Waals surface area contributed by atoms with Crippen LogP contribution in [0.1, 0.15) is 91.5 Å². The van der Waals surface area contributed by atoms with Gasteiger partial charge in [-0.05, 0) is 131 Å². The minimum absolute atomic E-state index is 0.0136. The van der Waals surface area contributed by atoms with E-state index in [1.54, 1.807) is 0 Å². The average molecular weight is 717 g/mol. The average Bonchev–Trinajstić information content (AvgIpc) is 3.86. The Labute approximate surface area is 314 Å². The highest BCUT2D eigenvalue weighted by Crippen LogP contribution is 2.44. The van der Waals surface area contributed by atoms with Crippen LogP contribution in [0.25, 0.3) is 84.0 Å². The number of rotatable bonds is 4. The topological polar surface area (TPSA) is 25.8 Å². The van der Waals surface area contributed by atoms with E-state index in [-0.39, 0.29) is 10.8 Å². The zero-order valence-electron chi connectivity index (χ0n) is 32.2. The van der Waals surface area contributed by atoms with Crippen molar-refractivity contribution in [2.75, 3.05) is 0 Å². The second-order valence-electron chi connectivity index (χ2n) is 18.2. The van der Waals surface area contributed by atoms with Crippen molar-refractivity contribution in [2.45, 2.75) is 92.9 Å². The van der Waals surface area contributed by atoms with E-state index in [0.717, 1.165) is 34.9 Å². The van der Waals surface area contributed by atoms with Crippen LogP contribution in [0.5, 0.6) is 0 Å². The Bertz CT molecular complexity index is 2730. The lowest BCUT2D eigenvalue weighted by atomic mass is 9.84. The van der Waals surface area contributed by atoms with Gasteiger partial charge >= 0.3 is 0 Å². The van der Waals surface area contributed by atoms with E-state index in [9.17, 15) is 0 Å². The molecule has 2 nitrogen and oxygen atoms in total. The van der Waals surface area contributed by atoms with Crippen LogP contribution in [-0.2, 0) is 23.7 Å². The van der Waals surface area contributed by atoms with Gasteiger partial charge in [-0.2, -0.15) is 0 Å². The first-order chi connectivity index (χ1) is 24.6. The molecule has 52 heavy (non-hydrogen) atoms. The Morgan fingerprint density at radius 1 is 0.423 bits per heavy atom. The van der Waals surface area contributed by atoms with E-state index in [0.29, 0.717) is 11.8 Å². The van der Waals surface area contributed by atoms with E-state index in [1.807, 2.05) is 22.7 Å². The summed E-state index contributed by atoms with van der Waals surface area (Å²) >= 11 is 3.78. The molecular weight excluding hydrogens is 669 g/mol. The number of hydrogen-bond acceptors (Lipinski definition) is 4. The molecule has 0 aliphatic heterocycles. The molecule has 0 aliphatic carbocycles. The van der Waals surface area contributed by atoms with E-state index < -0.39 is 0 Å². The smallest absolute Gasteiger partial charge is 0.0803 e. The summed E-state index contributed by atoms with van der Waals surface area (Å²) in [5.41, 5.74) is 9.86. The summed E-state index contributed by atoms with van der Waals surface area (Å²) in [5, 5.41) is 10.0. The number of nitrogens with zero attached hydrogens (tertiary/aromatic N) is 2. The Hall–Kier alpha value is -4.12. The number of hydrogen-bond donors (Lipinski definition) is 0. The monoisotopic (exact) mass is 716 g/mol. The third-order valence-corrected chi connectivity index (χ3v) is 13.2. The zero-order valence-corrected chi connectivity index (χ0v) is 33.8. The Morgan fingerprint density at radius 2 is 0.692 bits per heavy atom. The molecule has 4 heteroatoms. The van der Waals surface area contributed by atoms with Gasteiger partial charge in [0.2, 0.25) is 0 Å². The summed E-state index contributed by atoms with van der Waals surface area (Å²) in [6, 6.07) is 28.8. The van der Waals surface area contributed by atoms with Gasteiger partial charge in [0.25, 0.3) is 0 Å². The van der Waals surface area contributed by atoms with Gasteiger partial charge in [0.1, 0.15) is 0 Å². The van der Waals surface area contributed by atoms with Crippen molar-refractivity contribution >= 4 is 107 Å². The molecule has 0 saturated heterocycles. The van der Waals surface area contributed by atoms with Crippen molar-refractivity contribution in [3.05, 3.63) is 95.1 Å². The number of fused-ring (bicyclic) bond motifs is 10. The standard InChI is InChI=1S/C48H48N2S2/c1-25(2)15-27-17-31-32-18-28(16-26(3)4)20-36-40-12-14-42(52-40)38-24-30(48(8,9)10)22-34-33-21-29(47(5,6)7)23-37(45(33)50-46(34)38)41-13-11-39(51-41)35(19-27)43(31)49-44(32)36/h11-14,17-26H,15-16H2,1-10H3. The van der Waals surface area contributed by atoms with Crippen molar-refractivity contribution in [1.82, 2.24) is 9.97 Å². The van der Waals surface area contributed by atoms with Gasteiger partial charge in [0, 0.05) is 61.9 Å². The van der Waals surface area contributed by atoms with E-state index in [2.05, 4.69) is 142 Å². The van der Waals surface area contributed by atoms with E-state index in [4.69, 9.17) is 9.97 Å². The van der Waals surface area contributed by atoms with Gasteiger partial charge in [-0.15, -0.1) is 22.7 Å². The highest BCUT2D eigenvalue weighted by atomic mass is 32.1. The summed E-state index contributed by atoms with van der Waals surface area (Å²) < 4.78 is 5.05. The largest absolute Gasteiger partial charge is 0.246 e. The quantitative estimate of drug-likeness (QED) is 0.181. The van der Waals surface area contributed by atoms with Gasteiger partial charge in [0.05, 0.1) is 22.1 Å². The molecule has 8 bridgehead atoms. The molecule has 262 valence electrons. The lowest BCUT2D eigenvalue weighted by molar-refractivity contribution is 0.591. The first-order valence-corrected chi connectivity index (χ1v) is 20.6. The fourth-order valence-corrected chi connectivity index (χ4v) is 10.3. The maximum Gasteiger partial charge on any atom is 0.0803 e. The molecule has 9 rings (SSSR count). The predicted molar refractivity (Wildman–Crippen MR) is 232 cm³/mol. The van der Waals surface area contributed by atoms with Crippen LogP contribution in [0.2, 0.25) is 0 Å². The molecular formula is C48H48N2S2. The summed E-state index contributed by atoms with van der Waals surface area (Å²) in [6.45, 7) is 23.3. The first kappa shape index (κ1) is 33.7. The molecule has 5 aromatic heterocycles. The molecule has 0 aliphatic rings. The molecule has 5 heterocycles. The molecule has 0 N–H and O–H groups in total. The Morgan fingerprint density at radius 3 is 1.00 bits per heavy atom. The van der Waals surface area contributed by atoms with Crippen LogP contribution in [0, 0.1) is 11.8 Å². The van der Waals surface area contributed by atoms with Crippen LogP contribution in [0.15, 0.2) is 72.8 Å². The van der Waals surface area contributed by atoms with E-state index in [1.165, 1.54) is 84.1 Å². The second kappa shape index (κ2) is 11.7. The maximum absolute atomic E-state index is 5.60. The molecule has 0 spiro atoms. The molecule has 4 aromatic carbocycles. The van der Waals surface area contributed by atoms with Crippen molar-refractivity contribution in [1.29, 1.82) is 0 Å². The summed E-state index contributed by atoms with van der Waals surface area (Å²) in [4.78, 5) is 11.2. The van der Waals surface area contributed by atoms with Gasteiger partial charge < -0.3 is 0 Å². The van der Waals surface area contributed by atoms with Crippen molar-refractivity contribution in [3.8, 4) is 0 Å². The van der Waals surface area contributed by atoms with Gasteiger partial charge in [-0.3, -0.25) is 0 Å². The first-order valence-electron chi connectivity index (χ1n) is 19.0. The highest BCUT2D eigenvalue weighted by molar-refractivity contribution is 7.25. The molecule has 0 atom stereocenters. The van der Waals surface area contributed by atoms with Crippen LogP contribution < -0.4 is 0 Å². The van der Waals surface area contributed by atoms with Gasteiger partial charge in [0.15, 0.2) is 0 Å². The summed E-state index contributed by atoms with van der Waals surface area (Å²) in [6.07, 6.45) is 2.08. The van der Waals surface area contributed by atoms with Gasteiger partial charge in [-0.1, -0.05) is 69.2 Å². The third kappa shape index (κ3) is 5.48. The molecule has 0 unspecified atom stereocenters. The van der Waals surface area contributed by atoms with Crippen LogP contribution >= 0.6 is 22.7 Å². The summed E-state index contributed by atoms with van der Waals surface area (Å²) in [5.74, 6) is 1.12. The molecule has 0 saturated carbocycles. The van der Waals surface area contributed by atoms with Crippen molar-refractivity contribution in [2.24, 2.45) is 11.8 Å². The number of aromatic nitrogens is 2. The lowest BCUT2D eigenvalue weighted by Gasteiger charge is -2.20. The number of benzene rings is 4. The minimum Gasteiger partial charge on any atom is -0.246 e. The normalized spacial score (nSPS) is 13.3. The lowest BCUT2D eigenvalue weighted by Crippen LogP contribution is -2.11. The molecule has 0 fully saturated rings. The Kier molecular flexibility index (Phi) is 7.58. The number of thiophene rings is 2. The molecule has 0 radical (unpaired) electrons. The minimum atomic E-state index is -0.0136. The Balaban J connectivity index is 1.57. The third-order valence-electron chi connectivity index (χ3n) is 10.9. The van der Waals surface area contributed by atoms with Crippen LogP contribution in [-0.4, -0.2) is 9.97 Å². The van der Waals surface area contributed by atoms with E-state index >= 15 is 0 Å². The van der Waals surface area contributed by atoms with Crippen molar-refractivity contribution < 1.29 is 0 Å². The highest BCUT2D eigenvalue weighted by Gasteiger charge is 2.23. The fraction of sp³-hybridized carbons (Fsp3) is 0.333. The van der Waals surface area contributed by atoms with Crippen molar-refractivity contribution in [3.63, 3.8) is 0 Å². The summed E-state index contributed by atoms with van der Waals surface area (Å²) in [7, 11) is 0. The maximum atomic E-state index is 5.60. The molecule has 9 aromatic rings. The van der Waals surface area contributed by atoms with Gasteiger partial charge in [-0.25, -0.2) is 9.97 Å². The van der Waals surface area contributed by atoms with Crippen LogP contribution in [0.4, 0.5) is 0 Å². The predicted octanol–water partition coefficient (Wildman–Crippen LogP) is 14.8.